The number of methoxy groups -OCH3 is 1. The Morgan fingerprint density at radius 1 is 1.57 bits per heavy atom. The molecule has 0 spiro atoms. The summed E-state index contributed by atoms with van der Waals surface area (Å²) in [6.07, 6.45) is -1.06. The number of ether oxygens (including phenoxy) is 1. The Balaban J connectivity index is 3.06. The fourth-order valence-electron chi connectivity index (χ4n) is 1.07. The lowest BCUT2D eigenvalue weighted by Crippen LogP contribution is -2.13. The van der Waals surface area contributed by atoms with Gasteiger partial charge < -0.3 is 14.9 Å². The predicted octanol–water partition coefficient (Wildman–Crippen LogP) is 1.82. The van der Waals surface area contributed by atoms with Crippen molar-refractivity contribution in [2.45, 2.75) is 6.10 Å². The minimum Gasteiger partial charge on any atom is -0.506 e. The van der Waals surface area contributed by atoms with Crippen molar-refractivity contribution in [3.05, 3.63) is 28.8 Å². The normalized spacial score (nSPS) is 12.4. The molecule has 0 radical (unpaired) electrons. The quantitative estimate of drug-likeness (QED) is 0.809. The van der Waals surface area contributed by atoms with Crippen LogP contribution in [0.2, 0.25) is 5.02 Å². The minimum atomic E-state index is -1.10. The number of phenols is 1. The van der Waals surface area contributed by atoms with Gasteiger partial charge in [0, 0.05) is 7.11 Å². The van der Waals surface area contributed by atoms with Gasteiger partial charge >= 0.3 is 5.97 Å². The molecule has 0 saturated carbocycles. The summed E-state index contributed by atoms with van der Waals surface area (Å²) in [6, 6.07) is 4.13. The molecule has 0 saturated heterocycles. The average molecular weight is 217 g/mol. The van der Waals surface area contributed by atoms with Crippen molar-refractivity contribution in [2.24, 2.45) is 0 Å². The molecule has 76 valence electrons. The minimum absolute atomic E-state index is 0.0874. The highest BCUT2D eigenvalue weighted by Crippen LogP contribution is 2.27. The zero-order chi connectivity index (χ0) is 10.7. The first-order valence-electron chi connectivity index (χ1n) is 3.80. The molecule has 2 N–H and O–H groups in total. The lowest BCUT2D eigenvalue weighted by atomic mass is 10.1. The van der Waals surface area contributed by atoms with Gasteiger partial charge in [-0.25, -0.2) is 4.79 Å². The van der Waals surface area contributed by atoms with Gasteiger partial charge in [0.1, 0.15) is 5.75 Å². The van der Waals surface area contributed by atoms with Crippen LogP contribution in [0.3, 0.4) is 0 Å². The fourth-order valence-corrected chi connectivity index (χ4v) is 1.25. The molecule has 0 aromatic heterocycles. The molecular formula is C9H9ClO4. The summed E-state index contributed by atoms with van der Waals surface area (Å²) in [5, 5.41) is 18.0. The summed E-state index contributed by atoms with van der Waals surface area (Å²) in [7, 11) is 1.29. The lowest BCUT2D eigenvalue weighted by Gasteiger charge is -2.10. The van der Waals surface area contributed by atoms with Crippen LogP contribution in [-0.4, -0.2) is 23.3 Å². The van der Waals surface area contributed by atoms with E-state index in [9.17, 15) is 4.79 Å². The molecule has 1 aromatic carbocycles. The van der Waals surface area contributed by atoms with E-state index in [2.05, 4.69) is 0 Å². The third-order valence-electron chi connectivity index (χ3n) is 1.73. The van der Waals surface area contributed by atoms with Crippen molar-refractivity contribution >= 4 is 17.6 Å². The number of carboxylic acid groups (broad SMARTS) is 1. The topological polar surface area (TPSA) is 66.8 Å². The van der Waals surface area contributed by atoms with Crippen molar-refractivity contribution in [2.75, 3.05) is 7.11 Å². The van der Waals surface area contributed by atoms with Crippen molar-refractivity contribution in [1.29, 1.82) is 0 Å². The number of hydrogen-bond donors (Lipinski definition) is 2. The third-order valence-corrected chi connectivity index (χ3v) is 2.04. The highest BCUT2D eigenvalue weighted by Gasteiger charge is 2.19. The second-order valence-corrected chi connectivity index (χ2v) is 3.07. The van der Waals surface area contributed by atoms with Gasteiger partial charge in [0.25, 0.3) is 0 Å². The maximum Gasteiger partial charge on any atom is 0.337 e. The fraction of sp³-hybridized carbons (Fsp3) is 0.222. The van der Waals surface area contributed by atoms with Crippen molar-refractivity contribution in [1.82, 2.24) is 0 Å². The first-order valence-corrected chi connectivity index (χ1v) is 4.18. The van der Waals surface area contributed by atoms with Crippen LogP contribution in [0.15, 0.2) is 18.2 Å². The van der Waals surface area contributed by atoms with Gasteiger partial charge in [0.15, 0.2) is 6.10 Å². The third kappa shape index (κ3) is 2.16. The van der Waals surface area contributed by atoms with E-state index in [-0.39, 0.29) is 10.8 Å². The smallest absolute Gasteiger partial charge is 0.337 e. The van der Waals surface area contributed by atoms with Crippen LogP contribution in [0, 0.1) is 0 Å². The Morgan fingerprint density at radius 3 is 2.64 bits per heavy atom. The van der Waals surface area contributed by atoms with Crippen LogP contribution < -0.4 is 0 Å². The Bertz CT molecular complexity index is 351. The second kappa shape index (κ2) is 4.30. The van der Waals surface area contributed by atoms with Crippen LogP contribution in [0.5, 0.6) is 5.75 Å². The Kier molecular flexibility index (Phi) is 3.33. The van der Waals surface area contributed by atoms with Crippen molar-refractivity contribution < 1.29 is 19.7 Å². The van der Waals surface area contributed by atoms with Crippen LogP contribution in [0.4, 0.5) is 0 Å². The van der Waals surface area contributed by atoms with E-state index in [0.717, 1.165) is 0 Å². The SMILES string of the molecule is COC(C(=O)O)c1ccc(O)c(Cl)c1. The number of aliphatic carboxylic acids is 1. The Morgan fingerprint density at radius 2 is 2.21 bits per heavy atom. The van der Waals surface area contributed by atoms with E-state index in [4.69, 9.17) is 26.6 Å². The Hall–Kier alpha value is -1.26. The maximum absolute atomic E-state index is 10.7. The number of phenolic OH excluding ortho intramolecular Hbond substituents is 1. The average Bonchev–Trinajstić information content (AvgIpc) is 2.11. The number of hydrogen-bond acceptors (Lipinski definition) is 3. The van der Waals surface area contributed by atoms with Gasteiger partial charge in [-0.3, -0.25) is 0 Å². The molecule has 0 aliphatic rings. The Labute approximate surface area is 85.7 Å². The van der Waals surface area contributed by atoms with Crippen molar-refractivity contribution in [3.8, 4) is 5.75 Å². The molecular weight excluding hydrogens is 208 g/mol. The number of benzene rings is 1. The molecule has 1 unspecified atom stereocenters. The molecule has 14 heavy (non-hydrogen) atoms. The van der Waals surface area contributed by atoms with Crippen LogP contribution >= 0.6 is 11.6 Å². The number of carbonyl (C=O) groups is 1. The molecule has 1 aromatic rings. The number of rotatable bonds is 3. The molecule has 4 nitrogen and oxygen atoms in total. The van der Waals surface area contributed by atoms with E-state index < -0.39 is 12.1 Å². The molecule has 1 atom stereocenters. The van der Waals surface area contributed by atoms with E-state index in [1.165, 1.54) is 25.3 Å². The number of halogens is 1. The summed E-state index contributed by atoms with van der Waals surface area (Å²) in [5.41, 5.74) is 0.391. The maximum atomic E-state index is 10.7. The lowest BCUT2D eigenvalue weighted by molar-refractivity contribution is -0.148. The summed E-state index contributed by atoms with van der Waals surface area (Å²) in [5.74, 6) is -1.19. The van der Waals surface area contributed by atoms with Gasteiger partial charge in [-0.1, -0.05) is 17.7 Å². The summed E-state index contributed by atoms with van der Waals surface area (Å²) in [6.45, 7) is 0. The number of carboxylic acids is 1. The van der Waals surface area contributed by atoms with E-state index in [1.807, 2.05) is 0 Å². The predicted molar refractivity (Wildman–Crippen MR) is 50.5 cm³/mol. The van der Waals surface area contributed by atoms with Crippen LogP contribution in [0.1, 0.15) is 11.7 Å². The van der Waals surface area contributed by atoms with E-state index in [1.54, 1.807) is 0 Å². The largest absolute Gasteiger partial charge is 0.506 e. The number of aromatic hydroxyl groups is 1. The van der Waals surface area contributed by atoms with Crippen LogP contribution in [-0.2, 0) is 9.53 Å². The van der Waals surface area contributed by atoms with Gasteiger partial charge in [0.2, 0.25) is 0 Å². The van der Waals surface area contributed by atoms with Crippen LogP contribution in [0.25, 0.3) is 0 Å². The molecule has 5 heteroatoms. The van der Waals surface area contributed by atoms with E-state index >= 15 is 0 Å². The zero-order valence-corrected chi connectivity index (χ0v) is 8.15. The summed E-state index contributed by atoms with van der Waals surface area (Å²) in [4.78, 5) is 10.7. The highest BCUT2D eigenvalue weighted by atomic mass is 35.5. The van der Waals surface area contributed by atoms with Gasteiger partial charge in [-0.05, 0) is 17.7 Å². The molecule has 0 fully saturated rings. The molecule has 0 amide bonds. The monoisotopic (exact) mass is 216 g/mol. The molecule has 0 heterocycles. The zero-order valence-electron chi connectivity index (χ0n) is 7.40. The first kappa shape index (κ1) is 10.8. The highest BCUT2D eigenvalue weighted by molar-refractivity contribution is 6.32. The summed E-state index contributed by atoms with van der Waals surface area (Å²) >= 11 is 5.62. The van der Waals surface area contributed by atoms with Crippen molar-refractivity contribution in [3.63, 3.8) is 0 Å². The molecule has 1 rings (SSSR count). The molecule has 0 aliphatic heterocycles. The van der Waals surface area contributed by atoms with E-state index in [0.29, 0.717) is 5.56 Å². The van der Waals surface area contributed by atoms with Gasteiger partial charge in [0.05, 0.1) is 5.02 Å². The standard InChI is InChI=1S/C9H9ClO4/c1-14-8(9(12)13)5-2-3-7(11)6(10)4-5/h2-4,8,11H,1H3,(H,12,13). The second-order valence-electron chi connectivity index (χ2n) is 2.66. The summed E-state index contributed by atoms with van der Waals surface area (Å²) < 4.78 is 4.75. The van der Waals surface area contributed by atoms with Gasteiger partial charge in [-0.2, -0.15) is 0 Å². The molecule has 0 aliphatic carbocycles. The van der Waals surface area contributed by atoms with Gasteiger partial charge in [-0.15, -0.1) is 0 Å². The molecule has 0 bridgehead atoms. The first-order chi connectivity index (χ1) is 6.56.